The van der Waals surface area contributed by atoms with Gasteiger partial charge in [-0.05, 0) is 31.2 Å². The Balaban J connectivity index is 1.68. The number of aromatic nitrogens is 1. The minimum Gasteiger partial charge on any atom is -0.312 e. The summed E-state index contributed by atoms with van der Waals surface area (Å²) in [7, 11) is 0. The second-order valence-corrected chi connectivity index (χ2v) is 6.38. The molecule has 2 aromatic rings. The lowest BCUT2D eigenvalue weighted by Crippen LogP contribution is -2.28. The lowest BCUT2D eigenvalue weighted by atomic mass is 10.1. The predicted octanol–water partition coefficient (Wildman–Crippen LogP) is 2.58. The van der Waals surface area contributed by atoms with Crippen molar-refractivity contribution in [3.63, 3.8) is 0 Å². The number of carbonyl (C=O) groups excluding carboxylic acids is 2. The molecule has 1 saturated heterocycles. The Labute approximate surface area is 130 Å². The normalized spacial score (nSPS) is 17.8. The number of nitrogens with zero attached hydrogens (tertiary/aromatic N) is 2. The molecule has 0 aliphatic carbocycles. The monoisotopic (exact) mass is 319 g/mol. The molecule has 0 unspecified atom stereocenters. The van der Waals surface area contributed by atoms with Crippen LogP contribution in [0.25, 0.3) is 0 Å². The third-order valence-corrected chi connectivity index (χ3v) is 4.31. The largest absolute Gasteiger partial charge is 0.312 e. The third kappa shape index (κ3) is 2.99. The molecule has 1 aromatic heterocycles. The molecule has 1 aliphatic heterocycles. The van der Waals surface area contributed by atoms with E-state index in [1.807, 2.05) is 6.92 Å². The van der Waals surface area contributed by atoms with Gasteiger partial charge in [-0.25, -0.2) is 9.37 Å². The van der Waals surface area contributed by atoms with Crippen LogP contribution in [-0.4, -0.2) is 23.3 Å². The summed E-state index contributed by atoms with van der Waals surface area (Å²) in [4.78, 5) is 30.9. The molecule has 1 aromatic carbocycles. The number of aryl methyl sites for hydroxylation is 1. The molecular formula is C15H14FN3O2S. The van der Waals surface area contributed by atoms with Crippen molar-refractivity contribution in [2.45, 2.75) is 13.3 Å². The van der Waals surface area contributed by atoms with Crippen molar-refractivity contribution in [3.8, 4) is 0 Å². The molecule has 1 fully saturated rings. The topological polar surface area (TPSA) is 62.3 Å². The van der Waals surface area contributed by atoms with Gasteiger partial charge in [-0.3, -0.25) is 9.59 Å². The van der Waals surface area contributed by atoms with Crippen LogP contribution in [0.3, 0.4) is 0 Å². The summed E-state index contributed by atoms with van der Waals surface area (Å²) in [5, 5.41) is 3.27. The van der Waals surface area contributed by atoms with E-state index in [-0.39, 0.29) is 24.1 Å². The number of hydrogen-bond acceptors (Lipinski definition) is 4. The molecule has 1 atom stereocenters. The first-order valence-corrected chi connectivity index (χ1v) is 7.64. The van der Waals surface area contributed by atoms with Gasteiger partial charge in [0.25, 0.3) is 0 Å². The van der Waals surface area contributed by atoms with E-state index in [0.717, 1.165) is 4.88 Å². The van der Waals surface area contributed by atoms with E-state index in [1.165, 1.54) is 40.5 Å². The van der Waals surface area contributed by atoms with Crippen LogP contribution in [0.15, 0.2) is 30.5 Å². The fourth-order valence-corrected chi connectivity index (χ4v) is 3.04. The summed E-state index contributed by atoms with van der Waals surface area (Å²) in [5.41, 5.74) is 0.604. The molecule has 0 bridgehead atoms. The van der Waals surface area contributed by atoms with Gasteiger partial charge >= 0.3 is 0 Å². The molecule has 114 valence electrons. The van der Waals surface area contributed by atoms with Crippen LogP contribution in [0.2, 0.25) is 0 Å². The lowest BCUT2D eigenvalue weighted by Gasteiger charge is -2.16. The van der Waals surface area contributed by atoms with Gasteiger partial charge in [-0.1, -0.05) is 0 Å². The highest BCUT2D eigenvalue weighted by molar-refractivity contribution is 7.15. The number of halogens is 1. The molecule has 1 aliphatic rings. The number of thiazole rings is 1. The van der Waals surface area contributed by atoms with E-state index in [1.54, 1.807) is 6.20 Å². The molecule has 1 N–H and O–H groups in total. The molecule has 5 nitrogen and oxygen atoms in total. The summed E-state index contributed by atoms with van der Waals surface area (Å²) in [5.74, 6) is -1.14. The first-order chi connectivity index (χ1) is 10.5. The summed E-state index contributed by atoms with van der Waals surface area (Å²) in [6, 6.07) is 5.68. The smallest absolute Gasteiger partial charge is 0.231 e. The Morgan fingerprint density at radius 3 is 2.77 bits per heavy atom. The standard InChI is InChI=1S/C15H14FN3O2S/c1-9-7-17-15(22-9)18-14(21)10-6-13(20)19(8-10)12-4-2-11(16)3-5-12/h2-5,7,10H,6,8H2,1H3,(H,17,18,21)/t10-/m0/s1. The summed E-state index contributed by atoms with van der Waals surface area (Å²) >= 11 is 1.39. The Kier molecular flexibility index (Phi) is 3.89. The van der Waals surface area contributed by atoms with Crippen molar-refractivity contribution >= 4 is 34.0 Å². The molecule has 0 radical (unpaired) electrons. The molecule has 2 amide bonds. The maximum absolute atomic E-state index is 12.9. The van der Waals surface area contributed by atoms with Crippen molar-refractivity contribution in [1.29, 1.82) is 0 Å². The van der Waals surface area contributed by atoms with E-state index < -0.39 is 5.92 Å². The number of rotatable bonds is 3. The van der Waals surface area contributed by atoms with Crippen molar-refractivity contribution in [2.75, 3.05) is 16.8 Å². The van der Waals surface area contributed by atoms with Crippen molar-refractivity contribution in [3.05, 3.63) is 41.2 Å². The average Bonchev–Trinajstić information content (AvgIpc) is 3.06. The van der Waals surface area contributed by atoms with Crippen LogP contribution in [0, 0.1) is 18.7 Å². The minimum atomic E-state index is -0.429. The zero-order chi connectivity index (χ0) is 15.7. The quantitative estimate of drug-likeness (QED) is 0.946. The molecule has 0 saturated carbocycles. The van der Waals surface area contributed by atoms with E-state index >= 15 is 0 Å². The second-order valence-electron chi connectivity index (χ2n) is 5.15. The lowest BCUT2D eigenvalue weighted by molar-refractivity contribution is -0.122. The van der Waals surface area contributed by atoms with Crippen LogP contribution in [0.1, 0.15) is 11.3 Å². The molecule has 7 heteroatoms. The van der Waals surface area contributed by atoms with Crippen LogP contribution < -0.4 is 10.2 Å². The summed E-state index contributed by atoms with van der Waals surface area (Å²) < 4.78 is 12.9. The van der Waals surface area contributed by atoms with Gasteiger partial charge in [0.2, 0.25) is 11.8 Å². The summed E-state index contributed by atoms with van der Waals surface area (Å²) in [6.07, 6.45) is 1.83. The van der Waals surface area contributed by atoms with Crippen LogP contribution in [0.4, 0.5) is 15.2 Å². The molecule has 22 heavy (non-hydrogen) atoms. The van der Waals surface area contributed by atoms with Crippen molar-refractivity contribution in [1.82, 2.24) is 4.98 Å². The maximum Gasteiger partial charge on any atom is 0.231 e. The highest BCUT2D eigenvalue weighted by atomic mass is 32.1. The predicted molar refractivity (Wildman–Crippen MR) is 82.3 cm³/mol. The first kappa shape index (κ1) is 14.6. The third-order valence-electron chi connectivity index (χ3n) is 3.49. The fraction of sp³-hybridized carbons (Fsp3) is 0.267. The number of hydrogen-bond donors (Lipinski definition) is 1. The van der Waals surface area contributed by atoms with Gasteiger partial charge in [-0.2, -0.15) is 0 Å². The Morgan fingerprint density at radius 1 is 1.41 bits per heavy atom. The van der Waals surface area contributed by atoms with Gasteiger partial charge in [0.1, 0.15) is 5.82 Å². The zero-order valence-electron chi connectivity index (χ0n) is 11.9. The molecule has 0 spiro atoms. The van der Waals surface area contributed by atoms with Gasteiger partial charge in [0.15, 0.2) is 5.13 Å². The maximum atomic E-state index is 12.9. The number of anilines is 2. The van der Waals surface area contributed by atoms with E-state index in [9.17, 15) is 14.0 Å². The zero-order valence-corrected chi connectivity index (χ0v) is 12.7. The Morgan fingerprint density at radius 2 is 2.14 bits per heavy atom. The van der Waals surface area contributed by atoms with Gasteiger partial charge in [0, 0.05) is 29.7 Å². The van der Waals surface area contributed by atoms with Gasteiger partial charge in [-0.15, -0.1) is 11.3 Å². The molecular weight excluding hydrogens is 305 g/mol. The van der Waals surface area contributed by atoms with Crippen LogP contribution in [0.5, 0.6) is 0 Å². The van der Waals surface area contributed by atoms with Crippen LogP contribution in [-0.2, 0) is 9.59 Å². The first-order valence-electron chi connectivity index (χ1n) is 6.82. The number of nitrogens with one attached hydrogen (secondary N) is 1. The van der Waals surface area contributed by atoms with Crippen molar-refractivity contribution in [2.24, 2.45) is 5.92 Å². The summed E-state index contributed by atoms with van der Waals surface area (Å²) in [6.45, 7) is 2.20. The van der Waals surface area contributed by atoms with Gasteiger partial charge in [0.05, 0.1) is 5.92 Å². The molecule has 3 rings (SSSR count). The Bertz CT molecular complexity index is 714. The van der Waals surface area contributed by atoms with E-state index in [4.69, 9.17) is 0 Å². The van der Waals surface area contributed by atoms with E-state index in [2.05, 4.69) is 10.3 Å². The molecule has 2 heterocycles. The van der Waals surface area contributed by atoms with Crippen LogP contribution >= 0.6 is 11.3 Å². The van der Waals surface area contributed by atoms with Crippen molar-refractivity contribution < 1.29 is 14.0 Å². The second kappa shape index (κ2) is 5.84. The van der Waals surface area contributed by atoms with Gasteiger partial charge < -0.3 is 10.2 Å². The average molecular weight is 319 g/mol. The van der Waals surface area contributed by atoms with E-state index in [0.29, 0.717) is 17.4 Å². The fourth-order valence-electron chi connectivity index (χ4n) is 2.37. The number of benzene rings is 1. The highest BCUT2D eigenvalue weighted by Gasteiger charge is 2.35. The number of amides is 2. The minimum absolute atomic E-state index is 0.137. The highest BCUT2D eigenvalue weighted by Crippen LogP contribution is 2.26. The number of carbonyl (C=O) groups is 2. The Hall–Kier alpha value is -2.28. The SMILES string of the molecule is Cc1cnc(NC(=O)[C@H]2CC(=O)N(c3ccc(F)cc3)C2)s1.